The Balaban J connectivity index is 2.85. The Morgan fingerprint density at radius 1 is 1.38 bits per heavy atom. The normalized spacial score (nSPS) is 10.2. The van der Waals surface area contributed by atoms with E-state index in [1.807, 2.05) is 0 Å². The minimum Gasteiger partial charge on any atom is -0.294 e. The van der Waals surface area contributed by atoms with E-state index in [-0.39, 0.29) is 22.7 Å². The van der Waals surface area contributed by atoms with Crippen molar-refractivity contribution in [1.82, 2.24) is 19.9 Å². The Labute approximate surface area is 72.0 Å². The third-order valence-corrected chi connectivity index (χ3v) is 1.48. The third-order valence-electron chi connectivity index (χ3n) is 1.48. The smallest absolute Gasteiger partial charge is 0.280 e. The van der Waals surface area contributed by atoms with Crippen LogP contribution in [-0.4, -0.2) is 19.9 Å². The number of aromatic amines is 1. The molecule has 13 heavy (non-hydrogen) atoms. The van der Waals surface area contributed by atoms with E-state index in [4.69, 9.17) is 5.84 Å². The molecule has 0 fully saturated rings. The first-order chi connectivity index (χ1) is 6.31. The van der Waals surface area contributed by atoms with E-state index in [0.29, 0.717) is 0 Å². The molecule has 4 N–H and O–H groups in total. The van der Waals surface area contributed by atoms with Crippen LogP contribution >= 0.6 is 0 Å². The number of nitrogen functional groups attached to an aromatic ring is 1. The predicted molar refractivity (Wildman–Crippen MR) is 45.8 cm³/mol. The van der Waals surface area contributed by atoms with E-state index in [0.717, 1.165) is 0 Å². The first-order valence-corrected chi connectivity index (χ1v) is 3.49. The van der Waals surface area contributed by atoms with Gasteiger partial charge in [0.15, 0.2) is 11.2 Å². The highest BCUT2D eigenvalue weighted by atomic mass is 16.1. The second-order valence-corrected chi connectivity index (χ2v) is 2.29. The van der Waals surface area contributed by atoms with Gasteiger partial charge in [-0.3, -0.25) is 15.2 Å². The van der Waals surface area contributed by atoms with Gasteiger partial charge in [0.25, 0.3) is 5.56 Å². The predicted octanol–water partition coefficient (Wildman–Crippen LogP) is -1.00. The Morgan fingerprint density at radius 2 is 2.15 bits per heavy atom. The van der Waals surface area contributed by atoms with Crippen molar-refractivity contribution < 1.29 is 0 Å². The molecule has 0 unspecified atom stereocenters. The molecule has 0 radical (unpaired) electrons. The van der Waals surface area contributed by atoms with Crippen LogP contribution < -0.4 is 16.8 Å². The number of hydrazine groups is 1. The molecule has 0 amide bonds. The number of hydrogen-bond acceptors (Lipinski definition) is 6. The van der Waals surface area contributed by atoms with Gasteiger partial charge in [-0.05, 0) is 0 Å². The lowest BCUT2D eigenvalue weighted by molar-refractivity contribution is 1.08. The van der Waals surface area contributed by atoms with Gasteiger partial charge < -0.3 is 0 Å². The lowest BCUT2D eigenvalue weighted by atomic mass is 10.5. The van der Waals surface area contributed by atoms with Crippen LogP contribution in [0, 0.1) is 0 Å². The molecular weight excluding hydrogens is 172 g/mol. The second-order valence-electron chi connectivity index (χ2n) is 2.29. The first kappa shape index (κ1) is 7.62. The molecule has 2 rings (SSSR count). The number of nitrogens with two attached hydrogens (primary N) is 1. The summed E-state index contributed by atoms with van der Waals surface area (Å²) in [4.78, 5) is 25.2. The van der Waals surface area contributed by atoms with Crippen LogP contribution in [0.5, 0.6) is 0 Å². The highest BCUT2D eigenvalue weighted by Gasteiger charge is 2.03. The van der Waals surface area contributed by atoms with Gasteiger partial charge in [0.05, 0.1) is 0 Å². The summed E-state index contributed by atoms with van der Waals surface area (Å²) in [6.45, 7) is 0. The number of H-pyrrole nitrogens is 1. The van der Waals surface area contributed by atoms with Crippen molar-refractivity contribution in [3.63, 3.8) is 0 Å². The van der Waals surface area contributed by atoms with E-state index in [2.05, 4.69) is 25.4 Å². The van der Waals surface area contributed by atoms with Gasteiger partial charge in [-0.1, -0.05) is 0 Å². The molecule has 7 nitrogen and oxygen atoms in total. The maximum atomic E-state index is 11.3. The largest absolute Gasteiger partial charge is 0.294 e. The van der Waals surface area contributed by atoms with Crippen molar-refractivity contribution in [2.24, 2.45) is 5.84 Å². The average molecular weight is 178 g/mol. The number of hydrogen-bond donors (Lipinski definition) is 3. The van der Waals surface area contributed by atoms with Crippen LogP contribution in [-0.2, 0) is 0 Å². The van der Waals surface area contributed by atoms with Crippen LogP contribution in [0.2, 0.25) is 0 Å². The number of rotatable bonds is 1. The number of aromatic nitrogens is 4. The SMILES string of the molecule is NNc1nc2nccnc2c(=O)[nH]1. The fraction of sp³-hybridized carbons (Fsp3) is 0. The summed E-state index contributed by atoms with van der Waals surface area (Å²) >= 11 is 0. The standard InChI is InChI=1S/C6H6N6O/c7-12-6-10-4-3(5(13)11-6)8-1-2-9-4/h1-2H,7H2,(H2,9,10,11,12,13). The lowest BCUT2D eigenvalue weighted by Crippen LogP contribution is -2.17. The minimum atomic E-state index is -0.369. The summed E-state index contributed by atoms with van der Waals surface area (Å²) in [5, 5.41) is 0. The average Bonchev–Trinajstić information content (AvgIpc) is 2.18. The molecule has 0 atom stereocenters. The highest BCUT2D eigenvalue weighted by molar-refractivity contribution is 5.68. The molecule has 0 spiro atoms. The topological polar surface area (TPSA) is 110 Å². The van der Waals surface area contributed by atoms with Crippen LogP contribution in [0.4, 0.5) is 5.95 Å². The van der Waals surface area contributed by atoms with Gasteiger partial charge in [0.1, 0.15) is 0 Å². The Morgan fingerprint density at radius 3 is 2.92 bits per heavy atom. The summed E-state index contributed by atoms with van der Waals surface area (Å²) in [6.07, 6.45) is 2.88. The minimum absolute atomic E-state index is 0.165. The zero-order chi connectivity index (χ0) is 9.26. The van der Waals surface area contributed by atoms with Crippen LogP contribution in [0.25, 0.3) is 11.2 Å². The van der Waals surface area contributed by atoms with Crippen LogP contribution in [0.15, 0.2) is 17.2 Å². The fourth-order valence-corrected chi connectivity index (χ4v) is 0.942. The quantitative estimate of drug-likeness (QED) is 0.381. The number of nitrogens with one attached hydrogen (secondary N) is 2. The molecule has 0 aliphatic heterocycles. The van der Waals surface area contributed by atoms with Gasteiger partial charge in [-0.15, -0.1) is 0 Å². The second kappa shape index (κ2) is 2.79. The van der Waals surface area contributed by atoms with Crippen LogP contribution in [0.3, 0.4) is 0 Å². The zero-order valence-corrected chi connectivity index (χ0v) is 6.48. The summed E-state index contributed by atoms with van der Waals surface area (Å²) in [5.74, 6) is 5.24. The number of fused-ring (bicyclic) bond motifs is 1. The van der Waals surface area contributed by atoms with E-state index >= 15 is 0 Å². The molecule has 7 heteroatoms. The first-order valence-electron chi connectivity index (χ1n) is 3.49. The van der Waals surface area contributed by atoms with Crippen LogP contribution in [0.1, 0.15) is 0 Å². The molecule has 0 bridgehead atoms. The van der Waals surface area contributed by atoms with Gasteiger partial charge in [0.2, 0.25) is 5.95 Å². The highest BCUT2D eigenvalue weighted by Crippen LogP contribution is 1.99. The summed E-state index contributed by atoms with van der Waals surface area (Å²) in [7, 11) is 0. The van der Waals surface area contributed by atoms with Gasteiger partial charge >= 0.3 is 0 Å². The van der Waals surface area contributed by atoms with Crippen molar-refractivity contribution in [2.45, 2.75) is 0 Å². The van der Waals surface area contributed by atoms with Gasteiger partial charge in [0, 0.05) is 12.4 Å². The molecule has 0 saturated carbocycles. The third kappa shape index (κ3) is 1.20. The Kier molecular flexibility index (Phi) is 1.64. The summed E-state index contributed by atoms with van der Waals surface area (Å²) in [6, 6.07) is 0. The molecule has 2 heterocycles. The fourth-order valence-electron chi connectivity index (χ4n) is 0.942. The Bertz CT molecular complexity index is 492. The number of nitrogens with zero attached hydrogens (tertiary/aromatic N) is 3. The molecule has 2 aromatic heterocycles. The molecule has 66 valence electrons. The molecular formula is C6H6N6O. The molecule has 0 saturated heterocycles. The summed E-state index contributed by atoms with van der Waals surface area (Å²) in [5.41, 5.74) is 2.32. The molecule has 0 aliphatic rings. The van der Waals surface area contributed by atoms with Gasteiger partial charge in [-0.2, -0.15) is 4.98 Å². The van der Waals surface area contributed by atoms with Crippen molar-refractivity contribution >= 4 is 17.1 Å². The molecule has 0 aromatic carbocycles. The maximum Gasteiger partial charge on any atom is 0.280 e. The van der Waals surface area contributed by atoms with Gasteiger partial charge in [-0.25, -0.2) is 15.8 Å². The molecule has 2 aromatic rings. The van der Waals surface area contributed by atoms with E-state index in [9.17, 15) is 4.79 Å². The monoisotopic (exact) mass is 178 g/mol. The summed E-state index contributed by atoms with van der Waals surface area (Å²) < 4.78 is 0. The number of anilines is 1. The van der Waals surface area contributed by atoms with E-state index in [1.54, 1.807) is 0 Å². The van der Waals surface area contributed by atoms with E-state index < -0.39 is 0 Å². The lowest BCUT2D eigenvalue weighted by Gasteiger charge is -1.98. The van der Waals surface area contributed by atoms with Crippen molar-refractivity contribution in [3.05, 3.63) is 22.7 Å². The van der Waals surface area contributed by atoms with E-state index in [1.165, 1.54) is 12.4 Å². The van der Waals surface area contributed by atoms with Crippen molar-refractivity contribution in [1.29, 1.82) is 0 Å². The maximum absolute atomic E-state index is 11.3. The van der Waals surface area contributed by atoms with Crippen molar-refractivity contribution in [3.8, 4) is 0 Å². The Hall–Kier alpha value is -2.02. The zero-order valence-electron chi connectivity index (χ0n) is 6.48. The van der Waals surface area contributed by atoms with Crippen molar-refractivity contribution in [2.75, 3.05) is 5.43 Å². The molecule has 0 aliphatic carbocycles.